The minimum absolute atomic E-state index is 0.000183. The second-order valence-corrected chi connectivity index (χ2v) is 5.47. The molecule has 2 atom stereocenters. The highest BCUT2D eigenvalue weighted by Crippen LogP contribution is 2.49. The van der Waals surface area contributed by atoms with Gasteiger partial charge in [0.1, 0.15) is 0 Å². The molecule has 2 unspecified atom stereocenters. The molecule has 0 aromatic heterocycles. The Morgan fingerprint density at radius 1 is 1.20 bits per heavy atom. The standard InChI is InChI=1S/C14H14F3NO2/c15-14(16,17)9-3-1-8(2-4-9)11-5-12(11)13(20)18-6-10(19)7-18/h1-4,10-12,19H,5-7H2. The third-order valence-corrected chi connectivity index (χ3v) is 3.95. The van der Waals surface area contributed by atoms with E-state index in [4.69, 9.17) is 5.11 Å². The van der Waals surface area contributed by atoms with Crippen LogP contribution in [0.25, 0.3) is 0 Å². The molecule has 1 aromatic carbocycles. The quantitative estimate of drug-likeness (QED) is 0.903. The Morgan fingerprint density at radius 3 is 2.30 bits per heavy atom. The van der Waals surface area contributed by atoms with Gasteiger partial charge in [0.05, 0.1) is 11.7 Å². The summed E-state index contributed by atoms with van der Waals surface area (Å²) in [5.41, 5.74) is 0.105. The smallest absolute Gasteiger partial charge is 0.389 e. The number of aliphatic hydroxyl groups excluding tert-OH is 1. The van der Waals surface area contributed by atoms with E-state index in [-0.39, 0.29) is 17.7 Å². The molecule has 3 nitrogen and oxygen atoms in total. The van der Waals surface area contributed by atoms with Crippen LogP contribution < -0.4 is 0 Å². The van der Waals surface area contributed by atoms with Gasteiger partial charge in [-0.3, -0.25) is 4.79 Å². The lowest BCUT2D eigenvalue weighted by atomic mass is 10.0. The number of hydrogen-bond acceptors (Lipinski definition) is 2. The third-order valence-electron chi connectivity index (χ3n) is 3.95. The molecule has 1 aromatic rings. The van der Waals surface area contributed by atoms with Crippen LogP contribution in [-0.2, 0) is 11.0 Å². The van der Waals surface area contributed by atoms with Crippen LogP contribution in [0.4, 0.5) is 13.2 Å². The Kier molecular flexibility index (Phi) is 3.01. The van der Waals surface area contributed by atoms with E-state index in [9.17, 15) is 18.0 Å². The lowest BCUT2D eigenvalue weighted by Crippen LogP contribution is -2.54. The predicted octanol–water partition coefficient (Wildman–Crippen LogP) is 2.01. The first-order valence-corrected chi connectivity index (χ1v) is 6.50. The zero-order valence-corrected chi connectivity index (χ0v) is 10.6. The second-order valence-electron chi connectivity index (χ2n) is 5.47. The number of hydrogen-bond donors (Lipinski definition) is 1. The summed E-state index contributed by atoms with van der Waals surface area (Å²) in [7, 11) is 0. The predicted molar refractivity (Wildman–Crippen MR) is 64.9 cm³/mol. The molecule has 1 N–H and O–H groups in total. The van der Waals surface area contributed by atoms with E-state index >= 15 is 0 Å². The van der Waals surface area contributed by atoms with Crippen LogP contribution in [0.2, 0.25) is 0 Å². The molecule has 3 rings (SSSR count). The maximum absolute atomic E-state index is 12.5. The van der Waals surface area contributed by atoms with Crippen molar-refractivity contribution in [2.45, 2.75) is 24.6 Å². The first-order valence-electron chi connectivity index (χ1n) is 6.50. The van der Waals surface area contributed by atoms with E-state index in [0.717, 1.165) is 17.7 Å². The number of β-amino-alcohol motifs (C(OH)–C–C–N with tert-alkyl or cyclic N) is 1. The lowest BCUT2D eigenvalue weighted by Gasteiger charge is -2.36. The van der Waals surface area contributed by atoms with E-state index < -0.39 is 17.8 Å². The molecule has 1 saturated carbocycles. The van der Waals surface area contributed by atoms with E-state index in [1.54, 1.807) is 4.90 Å². The molecule has 1 aliphatic heterocycles. The minimum atomic E-state index is -4.33. The third kappa shape index (κ3) is 2.40. The summed E-state index contributed by atoms with van der Waals surface area (Å²) < 4.78 is 37.4. The molecule has 2 fully saturated rings. The minimum Gasteiger partial charge on any atom is -0.389 e. The molecule has 1 aliphatic carbocycles. The van der Waals surface area contributed by atoms with Crippen LogP contribution >= 0.6 is 0 Å². The zero-order chi connectivity index (χ0) is 14.5. The summed E-state index contributed by atoms with van der Waals surface area (Å²) >= 11 is 0. The maximum atomic E-state index is 12.5. The number of likely N-dealkylation sites (tertiary alicyclic amines) is 1. The van der Waals surface area contributed by atoms with Gasteiger partial charge in [-0.25, -0.2) is 0 Å². The number of carbonyl (C=O) groups excluding carboxylic acids is 1. The topological polar surface area (TPSA) is 40.5 Å². The number of alkyl halides is 3. The van der Waals surface area contributed by atoms with Gasteiger partial charge in [-0.2, -0.15) is 13.2 Å². The molecule has 108 valence electrons. The van der Waals surface area contributed by atoms with Gasteiger partial charge in [0, 0.05) is 19.0 Å². The van der Waals surface area contributed by atoms with Gasteiger partial charge in [-0.05, 0) is 30.0 Å². The average molecular weight is 285 g/mol. The number of nitrogens with zero attached hydrogens (tertiary/aromatic N) is 1. The van der Waals surface area contributed by atoms with E-state index in [1.807, 2.05) is 0 Å². The van der Waals surface area contributed by atoms with Crippen molar-refractivity contribution in [2.75, 3.05) is 13.1 Å². The normalized spacial score (nSPS) is 26.3. The number of halogens is 3. The van der Waals surface area contributed by atoms with Crippen molar-refractivity contribution in [1.29, 1.82) is 0 Å². The molecule has 2 aliphatic rings. The molecular formula is C14H14F3NO2. The van der Waals surface area contributed by atoms with Crippen LogP contribution in [0.1, 0.15) is 23.5 Å². The van der Waals surface area contributed by atoms with Gasteiger partial charge >= 0.3 is 6.18 Å². The fraction of sp³-hybridized carbons (Fsp3) is 0.500. The first-order chi connectivity index (χ1) is 9.36. The van der Waals surface area contributed by atoms with E-state index in [0.29, 0.717) is 19.5 Å². The van der Waals surface area contributed by atoms with Crippen molar-refractivity contribution in [3.63, 3.8) is 0 Å². The molecule has 1 saturated heterocycles. The number of rotatable bonds is 2. The molecule has 0 bridgehead atoms. The largest absolute Gasteiger partial charge is 0.416 e. The van der Waals surface area contributed by atoms with Crippen LogP contribution in [0.3, 0.4) is 0 Å². The van der Waals surface area contributed by atoms with Gasteiger partial charge in [0.15, 0.2) is 0 Å². The van der Waals surface area contributed by atoms with Gasteiger partial charge in [0.2, 0.25) is 5.91 Å². The lowest BCUT2D eigenvalue weighted by molar-refractivity contribution is -0.142. The Bertz CT molecular complexity index is 520. The maximum Gasteiger partial charge on any atom is 0.416 e. The van der Waals surface area contributed by atoms with Gasteiger partial charge in [-0.1, -0.05) is 12.1 Å². The van der Waals surface area contributed by atoms with Crippen molar-refractivity contribution in [3.05, 3.63) is 35.4 Å². The fourth-order valence-corrected chi connectivity index (χ4v) is 2.63. The Hall–Kier alpha value is -1.56. The number of carbonyl (C=O) groups is 1. The van der Waals surface area contributed by atoms with Gasteiger partial charge < -0.3 is 10.0 Å². The molecule has 1 amide bonds. The number of benzene rings is 1. The second kappa shape index (κ2) is 4.48. The molecular weight excluding hydrogens is 271 g/mol. The summed E-state index contributed by atoms with van der Waals surface area (Å²) in [6.45, 7) is 0.740. The molecule has 20 heavy (non-hydrogen) atoms. The Balaban J connectivity index is 1.63. The van der Waals surface area contributed by atoms with Gasteiger partial charge in [0.25, 0.3) is 0 Å². The van der Waals surface area contributed by atoms with Crippen molar-refractivity contribution in [2.24, 2.45) is 5.92 Å². The van der Waals surface area contributed by atoms with Crippen molar-refractivity contribution in [3.8, 4) is 0 Å². The molecule has 1 heterocycles. The highest BCUT2D eigenvalue weighted by Gasteiger charge is 2.47. The summed E-state index contributed by atoms with van der Waals surface area (Å²) in [5, 5.41) is 9.16. The first kappa shape index (κ1) is 13.4. The molecule has 0 radical (unpaired) electrons. The monoisotopic (exact) mass is 285 g/mol. The summed E-state index contributed by atoms with van der Waals surface area (Å²) in [6, 6.07) is 5.02. The highest BCUT2D eigenvalue weighted by atomic mass is 19.4. The highest BCUT2D eigenvalue weighted by molar-refractivity contribution is 5.83. The summed E-state index contributed by atoms with van der Waals surface area (Å²) in [6.07, 6.45) is -4.08. The zero-order valence-electron chi connectivity index (χ0n) is 10.6. The van der Waals surface area contributed by atoms with Crippen LogP contribution in [-0.4, -0.2) is 35.1 Å². The van der Waals surface area contributed by atoms with E-state index in [2.05, 4.69) is 0 Å². The average Bonchev–Trinajstić information content (AvgIpc) is 3.13. The van der Waals surface area contributed by atoms with Crippen molar-refractivity contribution >= 4 is 5.91 Å². The van der Waals surface area contributed by atoms with Crippen LogP contribution in [0.15, 0.2) is 24.3 Å². The Labute approximate surface area is 114 Å². The number of aliphatic hydroxyl groups is 1. The molecule has 0 spiro atoms. The summed E-state index contributed by atoms with van der Waals surface area (Å²) in [4.78, 5) is 13.6. The van der Waals surface area contributed by atoms with Crippen molar-refractivity contribution < 1.29 is 23.1 Å². The molecule has 6 heteroatoms. The Morgan fingerprint density at radius 2 is 1.80 bits per heavy atom. The number of amides is 1. The summed E-state index contributed by atoms with van der Waals surface area (Å²) in [5.74, 6) is -0.123. The van der Waals surface area contributed by atoms with Crippen LogP contribution in [0, 0.1) is 5.92 Å². The van der Waals surface area contributed by atoms with Crippen LogP contribution in [0.5, 0.6) is 0 Å². The fourth-order valence-electron chi connectivity index (χ4n) is 2.63. The van der Waals surface area contributed by atoms with E-state index in [1.165, 1.54) is 12.1 Å². The van der Waals surface area contributed by atoms with Crippen molar-refractivity contribution in [1.82, 2.24) is 4.90 Å². The SMILES string of the molecule is O=C(C1CC1c1ccc(C(F)(F)F)cc1)N1CC(O)C1. The van der Waals surface area contributed by atoms with Gasteiger partial charge in [-0.15, -0.1) is 0 Å².